The van der Waals surface area contributed by atoms with Gasteiger partial charge in [0.2, 0.25) is 0 Å². The van der Waals surface area contributed by atoms with Gasteiger partial charge in [-0.1, -0.05) is 23.7 Å². The fraction of sp³-hybridized carbons (Fsp3) is 0.308. The van der Waals surface area contributed by atoms with Gasteiger partial charge < -0.3 is 5.73 Å². The second-order valence-corrected chi connectivity index (χ2v) is 4.47. The fourth-order valence-electron chi connectivity index (χ4n) is 1.90. The summed E-state index contributed by atoms with van der Waals surface area (Å²) in [5, 5.41) is 5.00. The zero-order valence-electron chi connectivity index (χ0n) is 10.0. The maximum Gasteiger partial charge on any atom is 0.0723 e. The summed E-state index contributed by atoms with van der Waals surface area (Å²) in [6.45, 7) is 4.86. The van der Waals surface area contributed by atoms with E-state index in [0.29, 0.717) is 0 Å². The van der Waals surface area contributed by atoms with Gasteiger partial charge in [-0.2, -0.15) is 5.10 Å². The SMILES string of the molecule is CCn1nccc1C(N)c1ccc(Cl)c(C)c1. The van der Waals surface area contributed by atoms with Crippen LogP contribution < -0.4 is 5.73 Å². The molecule has 90 valence electrons. The number of halogens is 1. The molecule has 0 spiro atoms. The minimum atomic E-state index is -0.159. The van der Waals surface area contributed by atoms with Crippen LogP contribution in [0.3, 0.4) is 0 Å². The molecular formula is C13H16ClN3. The Labute approximate surface area is 106 Å². The highest BCUT2D eigenvalue weighted by Crippen LogP contribution is 2.23. The monoisotopic (exact) mass is 249 g/mol. The molecule has 0 bridgehead atoms. The lowest BCUT2D eigenvalue weighted by Gasteiger charge is -2.14. The molecule has 1 aromatic carbocycles. The molecule has 3 nitrogen and oxygen atoms in total. The Bertz CT molecular complexity index is 519. The van der Waals surface area contributed by atoms with Gasteiger partial charge in [0.15, 0.2) is 0 Å². The van der Waals surface area contributed by atoms with Crippen molar-refractivity contribution in [3.05, 3.63) is 52.3 Å². The van der Waals surface area contributed by atoms with Crippen LogP contribution in [0.5, 0.6) is 0 Å². The largest absolute Gasteiger partial charge is 0.319 e. The minimum absolute atomic E-state index is 0.159. The van der Waals surface area contributed by atoms with Crippen molar-refractivity contribution in [1.82, 2.24) is 9.78 Å². The molecule has 0 aliphatic carbocycles. The van der Waals surface area contributed by atoms with Crippen LogP contribution in [0.4, 0.5) is 0 Å². The Kier molecular flexibility index (Phi) is 3.50. The van der Waals surface area contributed by atoms with Crippen molar-refractivity contribution in [3.8, 4) is 0 Å². The molecule has 1 aromatic heterocycles. The predicted octanol–water partition coefficient (Wildman–Crippen LogP) is 2.91. The van der Waals surface area contributed by atoms with Gasteiger partial charge in [-0.25, -0.2) is 0 Å². The molecule has 4 heteroatoms. The molecule has 2 N–H and O–H groups in total. The van der Waals surface area contributed by atoms with Crippen molar-refractivity contribution in [2.75, 3.05) is 0 Å². The van der Waals surface area contributed by atoms with Crippen molar-refractivity contribution in [1.29, 1.82) is 0 Å². The van der Waals surface area contributed by atoms with E-state index in [-0.39, 0.29) is 6.04 Å². The standard InChI is InChI=1S/C13H16ClN3/c1-3-17-12(6-7-16-17)13(15)10-4-5-11(14)9(2)8-10/h4-8,13H,3,15H2,1-2H3. The predicted molar refractivity (Wildman–Crippen MR) is 70.1 cm³/mol. The fourth-order valence-corrected chi connectivity index (χ4v) is 2.02. The van der Waals surface area contributed by atoms with E-state index in [2.05, 4.69) is 12.0 Å². The summed E-state index contributed by atoms with van der Waals surface area (Å²) in [5.41, 5.74) is 9.38. The first-order chi connectivity index (χ1) is 8.13. The number of aryl methyl sites for hydroxylation is 2. The quantitative estimate of drug-likeness (QED) is 0.909. The van der Waals surface area contributed by atoms with E-state index in [4.69, 9.17) is 17.3 Å². The summed E-state index contributed by atoms with van der Waals surface area (Å²) in [6.07, 6.45) is 1.78. The number of hydrogen-bond acceptors (Lipinski definition) is 2. The van der Waals surface area contributed by atoms with Gasteiger partial charge in [0.05, 0.1) is 11.7 Å². The first-order valence-electron chi connectivity index (χ1n) is 5.66. The molecule has 2 aromatic rings. The highest BCUT2D eigenvalue weighted by molar-refractivity contribution is 6.31. The van der Waals surface area contributed by atoms with E-state index >= 15 is 0 Å². The molecule has 0 saturated carbocycles. The molecule has 1 atom stereocenters. The normalized spacial score (nSPS) is 12.7. The summed E-state index contributed by atoms with van der Waals surface area (Å²) >= 11 is 6.01. The van der Waals surface area contributed by atoms with Crippen molar-refractivity contribution in [2.45, 2.75) is 26.4 Å². The van der Waals surface area contributed by atoms with Crippen molar-refractivity contribution in [2.24, 2.45) is 5.73 Å². The van der Waals surface area contributed by atoms with E-state index in [1.807, 2.05) is 35.9 Å². The average molecular weight is 250 g/mol. The molecular weight excluding hydrogens is 234 g/mol. The van der Waals surface area contributed by atoms with E-state index in [1.54, 1.807) is 6.20 Å². The van der Waals surface area contributed by atoms with Gasteiger partial charge in [0, 0.05) is 17.8 Å². The maximum absolute atomic E-state index is 6.25. The highest BCUT2D eigenvalue weighted by atomic mass is 35.5. The van der Waals surface area contributed by atoms with E-state index in [9.17, 15) is 0 Å². The average Bonchev–Trinajstić information content (AvgIpc) is 2.80. The van der Waals surface area contributed by atoms with Gasteiger partial charge in [0.1, 0.15) is 0 Å². The summed E-state index contributed by atoms with van der Waals surface area (Å²) in [5.74, 6) is 0. The van der Waals surface area contributed by atoms with Crippen LogP contribution in [0.2, 0.25) is 5.02 Å². The lowest BCUT2D eigenvalue weighted by atomic mass is 10.0. The van der Waals surface area contributed by atoms with E-state index in [1.165, 1.54) is 0 Å². The molecule has 0 aliphatic heterocycles. The van der Waals surface area contributed by atoms with Gasteiger partial charge in [-0.15, -0.1) is 0 Å². The topological polar surface area (TPSA) is 43.8 Å². The third-order valence-electron chi connectivity index (χ3n) is 2.91. The molecule has 17 heavy (non-hydrogen) atoms. The number of hydrogen-bond donors (Lipinski definition) is 1. The van der Waals surface area contributed by atoms with E-state index < -0.39 is 0 Å². The zero-order valence-corrected chi connectivity index (χ0v) is 10.8. The molecule has 0 aliphatic rings. The molecule has 1 heterocycles. The van der Waals surface area contributed by atoms with Crippen molar-refractivity contribution in [3.63, 3.8) is 0 Å². The molecule has 0 amide bonds. The van der Waals surface area contributed by atoms with Gasteiger partial charge >= 0.3 is 0 Å². The molecule has 0 fully saturated rings. The zero-order chi connectivity index (χ0) is 12.4. The second kappa shape index (κ2) is 4.90. The second-order valence-electron chi connectivity index (χ2n) is 4.06. The minimum Gasteiger partial charge on any atom is -0.319 e. The Morgan fingerprint density at radius 1 is 1.41 bits per heavy atom. The molecule has 2 rings (SSSR count). The number of rotatable bonds is 3. The molecule has 0 radical (unpaired) electrons. The number of nitrogens with zero attached hydrogens (tertiary/aromatic N) is 2. The van der Waals surface area contributed by atoms with Crippen LogP contribution in [0.1, 0.15) is 29.8 Å². The Balaban J connectivity index is 2.36. The van der Waals surface area contributed by atoms with Crippen LogP contribution >= 0.6 is 11.6 Å². The van der Waals surface area contributed by atoms with Crippen LogP contribution in [0, 0.1) is 6.92 Å². The Morgan fingerprint density at radius 2 is 2.18 bits per heavy atom. The molecule has 1 unspecified atom stereocenters. The lowest BCUT2D eigenvalue weighted by molar-refractivity contribution is 0.601. The van der Waals surface area contributed by atoms with Crippen LogP contribution in [0.25, 0.3) is 0 Å². The van der Waals surface area contributed by atoms with Crippen LogP contribution in [-0.2, 0) is 6.54 Å². The summed E-state index contributed by atoms with van der Waals surface area (Å²) in [6, 6.07) is 7.68. The van der Waals surface area contributed by atoms with Crippen LogP contribution in [0.15, 0.2) is 30.5 Å². The number of aromatic nitrogens is 2. The van der Waals surface area contributed by atoms with Crippen LogP contribution in [-0.4, -0.2) is 9.78 Å². The van der Waals surface area contributed by atoms with Crippen molar-refractivity contribution < 1.29 is 0 Å². The van der Waals surface area contributed by atoms with Crippen molar-refractivity contribution >= 4 is 11.6 Å². The highest BCUT2D eigenvalue weighted by Gasteiger charge is 2.13. The lowest BCUT2D eigenvalue weighted by Crippen LogP contribution is -2.17. The smallest absolute Gasteiger partial charge is 0.0723 e. The summed E-state index contributed by atoms with van der Waals surface area (Å²) < 4.78 is 1.91. The Hall–Kier alpha value is -1.32. The summed E-state index contributed by atoms with van der Waals surface area (Å²) in [7, 11) is 0. The first-order valence-corrected chi connectivity index (χ1v) is 6.04. The summed E-state index contributed by atoms with van der Waals surface area (Å²) in [4.78, 5) is 0. The molecule has 0 saturated heterocycles. The van der Waals surface area contributed by atoms with E-state index in [0.717, 1.165) is 28.4 Å². The number of nitrogens with two attached hydrogens (primary N) is 1. The maximum atomic E-state index is 6.25. The Morgan fingerprint density at radius 3 is 2.82 bits per heavy atom. The third-order valence-corrected chi connectivity index (χ3v) is 3.33. The first kappa shape index (κ1) is 12.1. The van der Waals surface area contributed by atoms with Gasteiger partial charge in [-0.3, -0.25) is 4.68 Å². The number of benzene rings is 1. The third kappa shape index (κ3) is 2.35. The van der Waals surface area contributed by atoms with Gasteiger partial charge in [0.25, 0.3) is 0 Å². The van der Waals surface area contributed by atoms with Gasteiger partial charge in [-0.05, 0) is 37.1 Å².